The molecule has 4 rings (SSSR count). The van der Waals surface area contributed by atoms with Gasteiger partial charge in [-0.3, -0.25) is 14.8 Å². The van der Waals surface area contributed by atoms with Crippen LogP contribution in [0.15, 0.2) is 41.5 Å². The van der Waals surface area contributed by atoms with Gasteiger partial charge in [-0.25, -0.2) is 0 Å². The summed E-state index contributed by atoms with van der Waals surface area (Å²) in [5.41, 5.74) is 2.68. The molecule has 222 valence electrons. The molecule has 0 spiro atoms. The van der Waals surface area contributed by atoms with Crippen LogP contribution in [-0.4, -0.2) is 75.1 Å². The van der Waals surface area contributed by atoms with Crippen LogP contribution in [0.4, 0.5) is 17.1 Å². The third-order valence-corrected chi connectivity index (χ3v) is 7.15. The van der Waals surface area contributed by atoms with Gasteiger partial charge in [0.25, 0.3) is 0 Å². The van der Waals surface area contributed by atoms with Crippen molar-refractivity contribution in [2.24, 2.45) is 4.99 Å². The van der Waals surface area contributed by atoms with Crippen LogP contribution in [-0.2, 0) is 9.53 Å². The molecule has 2 atom stereocenters. The number of methoxy groups -OCH3 is 1. The van der Waals surface area contributed by atoms with Crippen LogP contribution in [0.2, 0.25) is 5.02 Å². The summed E-state index contributed by atoms with van der Waals surface area (Å²) in [4.78, 5) is 23.7. The standard InChI is InChI=1S/C31H37ClN6O4/c1-5-41-29-15-26-24(14-27(29)37-30(39)7-6-12-38(2)3)31(20(16-33)17-35-26)36-21-9-11-28(25(32)13-21)42-19-22-8-10-23(40-4)18-34-22/h9,11,13-15,17-18,22-23H,5-8,10,12,19H2,1-4H3,(H,35,36)(H,37,39). The summed E-state index contributed by atoms with van der Waals surface area (Å²) >= 11 is 6.58. The van der Waals surface area contributed by atoms with Crippen molar-refractivity contribution in [3.63, 3.8) is 0 Å². The molecule has 2 unspecified atom stereocenters. The van der Waals surface area contributed by atoms with E-state index in [1.54, 1.807) is 31.4 Å². The van der Waals surface area contributed by atoms with Crippen LogP contribution in [0.1, 0.15) is 38.2 Å². The number of hydrogen-bond acceptors (Lipinski definition) is 9. The summed E-state index contributed by atoms with van der Waals surface area (Å²) in [7, 11) is 5.63. The number of nitrogens with one attached hydrogen (secondary N) is 2. The van der Waals surface area contributed by atoms with Crippen LogP contribution in [0.5, 0.6) is 11.5 Å². The highest BCUT2D eigenvalue weighted by atomic mass is 35.5. The van der Waals surface area contributed by atoms with Gasteiger partial charge in [0.05, 0.1) is 46.2 Å². The van der Waals surface area contributed by atoms with Crippen molar-refractivity contribution in [1.82, 2.24) is 9.88 Å². The van der Waals surface area contributed by atoms with Gasteiger partial charge in [0.15, 0.2) is 0 Å². The molecule has 1 amide bonds. The average molecular weight is 593 g/mol. The lowest BCUT2D eigenvalue weighted by atomic mass is 10.1. The minimum atomic E-state index is -0.115. The predicted molar refractivity (Wildman–Crippen MR) is 167 cm³/mol. The van der Waals surface area contributed by atoms with E-state index in [9.17, 15) is 10.1 Å². The number of halogens is 1. The first kappa shape index (κ1) is 31.0. The van der Waals surface area contributed by atoms with E-state index in [4.69, 9.17) is 25.8 Å². The molecule has 0 bridgehead atoms. The minimum Gasteiger partial charge on any atom is -0.492 e. The molecule has 0 fully saturated rings. The Morgan fingerprint density at radius 2 is 2.02 bits per heavy atom. The predicted octanol–water partition coefficient (Wildman–Crippen LogP) is 5.81. The summed E-state index contributed by atoms with van der Waals surface area (Å²) in [5, 5.41) is 17.3. The molecule has 1 aliphatic heterocycles. The second kappa shape index (κ2) is 14.8. The van der Waals surface area contributed by atoms with E-state index in [1.807, 2.05) is 38.2 Å². The van der Waals surface area contributed by atoms with Crippen LogP contribution in [0, 0.1) is 11.3 Å². The van der Waals surface area contributed by atoms with E-state index in [1.165, 1.54) is 6.20 Å². The largest absolute Gasteiger partial charge is 0.492 e. The number of hydrogen-bond donors (Lipinski definition) is 2. The van der Waals surface area contributed by atoms with Crippen molar-refractivity contribution < 1.29 is 19.0 Å². The maximum Gasteiger partial charge on any atom is 0.224 e. The van der Waals surface area contributed by atoms with E-state index in [-0.39, 0.29) is 18.1 Å². The number of carbonyl (C=O) groups excluding carboxylic acids is 1. The van der Waals surface area contributed by atoms with Gasteiger partial charge in [-0.1, -0.05) is 11.6 Å². The van der Waals surface area contributed by atoms with Gasteiger partial charge in [0.1, 0.15) is 24.2 Å². The molecule has 11 heteroatoms. The lowest BCUT2D eigenvalue weighted by Gasteiger charge is -2.21. The molecule has 0 aliphatic carbocycles. The molecular formula is C31H37ClN6O4. The molecule has 2 heterocycles. The molecule has 1 aliphatic rings. The lowest BCUT2D eigenvalue weighted by Crippen LogP contribution is -2.26. The SMILES string of the molecule is CCOc1cc2ncc(C#N)c(Nc3ccc(OCC4CCC(OC)C=N4)c(Cl)c3)c2cc1NC(=O)CCCN(C)C. The van der Waals surface area contributed by atoms with Crippen molar-refractivity contribution in [3.8, 4) is 17.6 Å². The average Bonchev–Trinajstić information content (AvgIpc) is 2.97. The molecule has 2 aromatic carbocycles. The number of rotatable bonds is 13. The summed E-state index contributed by atoms with van der Waals surface area (Å²) in [6.45, 7) is 3.52. The zero-order valence-electron chi connectivity index (χ0n) is 24.4. The van der Waals surface area contributed by atoms with Gasteiger partial charge in [0, 0.05) is 43.1 Å². The van der Waals surface area contributed by atoms with Crippen LogP contribution in [0.25, 0.3) is 10.9 Å². The fourth-order valence-electron chi connectivity index (χ4n) is 4.63. The lowest BCUT2D eigenvalue weighted by molar-refractivity contribution is -0.116. The smallest absolute Gasteiger partial charge is 0.224 e. The van der Waals surface area contributed by atoms with E-state index >= 15 is 0 Å². The molecule has 0 saturated carbocycles. The second-order valence-electron chi connectivity index (χ2n) is 10.3. The number of pyridine rings is 1. The van der Waals surface area contributed by atoms with Crippen molar-refractivity contribution in [2.45, 2.75) is 44.8 Å². The minimum absolute atomic E-state index is 0.0517. The first-order valence-corrected chi connectivity index (χ1v) is 14.4. The Morgan fingerprint density at radius 3 is 2.69 bits per heavy atom. The first-order chi connectivity index (χ1) is 20.3. The van der Waals surface area contributed by atoms with Crippen molar-refractivity contribution >= 4 is 51.7 Å². The number of carbonyl (C=O) groups is 1. The summed E-state index contributed by atoms with van der Waals surface area (Å²) in [6.07, 6.45) is 6.28. The number of aliphatic imine (C=N–C) groups is 1. The summed E-state index contributed by atoms with van der Waals surface area (Å²) < 4.78 is 17.1. The zero-order chi connectivity index (χ0) is 30.1. The van der Waals surface area contributed by atoms with Crippen LogP contribution in [0.3, 0.4) is 0 Å². The molecule has 10 nitrogen and oxygen atoms in total. The van der Waals surface area contributed by atoms with Gasteiger partial charge in [0.2, 0.25) is 5.91 Å². The van der Waals surface area contributed by atoms with Crippen molar-refractivity contribution in [2.75, 3.05) is 51.6 Å². The molecule has 0 saturated heterocycles. The third-order valence-electron chi connectivity index (χ3n) is 6.86. The maximum absolute atomic E-state index is 12.7. The van der Waals surface area contributed by atoms with E-state index in [0.29, 0.717) is 69.7 Å². The fourth-order valence-corrected chi connectivity index (χ4v) is 4.87. The molecular weight excluding hydrogens is 556 g/mol. The van der Waals surface area contributed by atoms with Gasteiger partial charge >= 0.3 is 0 Å². The number of nitrogens with zero attached hydrogens (tertiary/aromatic N) is 4. The van der Waals surface area contributed by atoms with Crippen molar-refractivity contribution in [1.29, 1.82) is 5.26 Å². The number of amides is 1. The highest BCUT2D eigenvalue weighted by Gasteiger charge is 2.19. The number of ether oxygens (including phenoxy) is 3. The Bertz CT molecular complexity index is 1470. The normalized spacial score (nSPS) is 16.3. The Kier molecular flexibility index (Phi) is 11.0. The number of anilines is 3. The Balaban J connectivity index is 1.56. The quantitative estimate of drug-likeness (QED) is 0.255. The molecule has 1 aromatic heterocycles. The summed E-state index contributed by atoms with van der Waals surface area (Å²) in [5.74, 6) is 0.946. The third kappa shape index (κ3) is 8.10. The zero-order valence-corrected chi connectivity index (χ0v) is 25.2. The second-order valence-corrected chi connectivity index (χ2v) is 10.7. The van der Waals surface area contributed by atoms with Crippen molar-refractivity contribution in [3.05, 3.63) is 47.1 Å². The molecule has 2 N–H and O–H groups in total. The first-order valence-electron chi connectivity index (χ1n) is 14.0. The topological polar surface area (TPSA) is 121 Å². The van der Waals surface area contributed by atoms with Gasteiger partial charge in [-0.2, -0.15) is 5.26 Å². The fraction of sp³-hybridized carbons (Fsp3) is 0.419. The van der Waals surface area contributed by atoms with Gasteiger partial charge < -0.3 is 29.7 Å². The van der Waals surface area contributed by atoms with E-state index < -0.39 is 0 Å². The number of nitriles is 1. The highest BCUT2D eigenvalue weighted by molar-refractivity contribution is 6.32. The Labute approximate surface area is 251 Å². The van der Waals surface area contributed by atoms with Crippen LogP contribution >= 0.6 is 11.6 Å². The van der Waals surface area contributed by atoms with E-state index in [2.05, 4.69) is 26.7 Å². The summed E-state index contributed by atoms with van der Waals surface area (Å²) in [6, 6.07) is 11.2. The maximum atomic E-state index is 12.7. The van der Waals surface area contributed by atoms with Gasteiger partial charge in [-0.05, 0) is 71.1 Å². The molecule has 3 aromatic rings. The monoisotopic (exact) mass is 592 g/mol. The Hall–Kier alpha value is -3.91. The van der Waals surface area contributed by atoms with E-state index in [0.717, 1.165) is 25.8 Å². The van der Waals surface area contributed by atoms with Gasteiger partial charge in [-0.15, -0.1) is 0 Å². The highest BCUT2D eigenvalue weighted by Crippen LogP contribution is 2.37. The molecule has 42 heavy (non-hydrogen) atoms. The molecule has 0 radical (unpaired) electrons. The van der Waals surface area contributed by atoms with Crippen LogP contribution < -0.4 is 20.1 Å². The number of benzene rings is 2. The Morgan fingerprint density at radius 1 is 1.19 bits per heavy atom. The number of aromatic nitrogens is 1. The number of fused-ring (bicyclic) bond motifs is 1.